The molecule has 1 N–H and O–H groups in total. The van der Waals surface area contributed by atoms with Gasteiger partial charge < -0.3 is 0 Å². The van der Waals surface area contributed by atoms with Crippen molar-refractivity contribution < 1.29 is 4.79 Å². The van der Waals surface area contributed by atoms with Crippen molar-refractivity contribution in [2.45, 2.75) is 37.9 Å². The minimum Gasteiger partial charge on any atom is -0.280 e. The molecule has 0 fully saturated rings. The maximum Gasteiger partial charge on any atom is 0.343 e. The van der Waals surface area contributed by atoms with Gasteiger partial charge in [0.25, 0.3) is 0 Å². The smallest absolute Gasteiger partial charge is 0.280 e. The van der Waals surface area contributed by atoms with Crippen LogP contribution in [0.3, 0.4) is 0 Å². The lowest BCUT2D eigenvalue weighted by molar-refractivity contribution is -0.115. The monoisotopic (exact) mass is 394 g/mol. The second-order valence-corrected chi connectivity index (χ2v) is 7.68. The average molecular weight is 395 g/mol. The first-order valence-corrected chi connectivity index (χ1v) is 10.4. The number of amides is 1. The van der Waals surface area contributed by atoms with Gasteiger partial charge in [-0.1, -0.05) is 55.1 Å². The van der Waals surface area contributed by atoms with Gasteiger partial charge in [0.2, 0.25) is 5.91 Å². The largest absolute Gasteiger partial charge is 0.343 e. The number of carbonyl (C=O) groups excluding carboxylic acids is 1. The lowest BCUT2D eigenvalue weighted by Gasteiger charge is -2.24. The number of aromatic amines is 1. The number of anilines is 2. The van der Waals surface area contributed by atoms with E-state index in [-0.39, 0.29) is 17.3 Å². The highest BCUT2D eigenvalue weighted by atomic mass is 32.2. The number of aryl methyl sites for hydroxylation is 2. The summed E-state index contributed by atoms with van der Waals surface area (Å²) in [5, 5.41) is 7.11. The van der Waals surface area contributed by atoms with E-state index >= 15 is 0 Å². The van der Waals surface area contributed by atoms with Gasteiger partial charge in [-0.25, -0.2) is 9.89 Å². The quantitative estimate of drug-likeness (QED) is 0.672. The van der Waals surface area contributed by atoms with Gasteiger partial charge >= 0.3 is 5.69 Å². The fraction of sp³-hybridized carbons (Fsp3) is 0.286. The highest BCUT2D eigenvalue weighted by Crippen LogP contribution is 2.36. The van der Waals surface area contributed by atoms with Crippen LogP contribution in [0.4, 0.5) is 11.4 Å². The number of hydrogen-bond acceptors (Lipinski definition) is 4. The van der Waals surface area contributed by atoms with Crippen LogP contribution in [0.5, 0.6) is 0 Å². The van der Waals surface area contributed by atoms with Crippen molar-refractivity contribution in [1.29, 1.82) is 0 Å². The molecule has 2 aromatic carbocycles. The molecule has 3 aromatic rings. The Hall–Kier alpha value is -2.80. The van der Waals surface area contributed by atoms with Crippen LogP contribution in [0.1, 0.15) is 24.5 Å². The summed E-state index contributed by atoms with van der Waals surface area (Å²) in [4.78, 5) is 27.0. The summed E-state index contributed by atoms with van der Waals surface area (Å²) in [7, 11) is 0. The van der Waals surface area contributed by atoms with Crippen molar-refractivity contribution >= 4 is 29.0 Å². The summed E-state index contributed by atoms with van der Waals surface area (Å²) in [6, 6.07) is 16.1. The fourth-order valence-corrected chi connectivity index (χ4v) is 4.40. The van der Waals surface area contributed by atoms with E-state index in [1.165, 1.54) is 22.9 Å². The molecule has 144 valence electrons. The Morgan fingerprint density at radius 1 is 1.07 bits per heavy atom. The fourth-order valence-electron chi connectivity index (χ4n) is 3.57. The third kappa shape index (κ3) is 3.49. The van der Waals surface area contributed by atoms with Crippen molar-refractivity contribution in [3.63, 3.8) is 0 Å². The van der Waals surface area contributed by atoms with Gasteiger partial charge in [-0.2, -0.15) is 0 Å². The molecule has 0 saturated heterocycles. The first-order chi connectivity index (χ1) is 13.7. The standard InChI is InChI=1S/C21H22N4O2S/c1-2-13-24-20(27)22-23-21(24)28-14-19(26)25-17-9-5-3-7-15(17)11-12-16-8-4-6-10-18(16)25/h3-10H,2,11-14H2,1H3,(H,22,27). The number of para-hydroxylation sites is 2. The molecule has 0 aliphatic carbocycles. The molecule has 0 unspecified atom stereocenters. The van der Waals surface area contributed by atoms with Crippen molar-refractivity contribution in [1.82, 2.24) is 14.8 Å². The van der Waals surface area contributed by atoms with Gasteiger partial charge in [-0.3, -0.25) is 14.3 Å². The maximum absolute atomic E-state index is 13.3. The summed E-state index contributed by atoms with van der Waals surface area (Å²) >= 11 is 1.30. The summed E-state index contributed by atoms with van der Waals surface area (Å²) in [6.07, 6.45) is 2.63. The number of fused-ring (bicyclic) bond motifs is 2. The molecule has 28 heavy (non-hydrogen) atoms. The number of thioether (sulfide) groups is 1. The van der Waals surface area contributed by atoms with Crippen LogP contribution in [-0.4, -0.2) is 26.4 Å². The zero-order valence-corrected chi connectivity index (χ0v) is 16.5. The molecule has 0 saturated carbocycles. The highest BCUT2D eigenvalue weighted by molar-refractivity contribution is 7.99. The zero-order chi connectivity index (χ0) is 19.5. The molecule has 1 amide bonds. The molecule has 1 aromatic heterocycles. The topological polar surface area (TPSA) is 71.0 Å². The molecule has 0 bridgehead atoms. The molecular formula is C21H22N4O2S. The van der Waals surface area contributed by atoms with Gasteiger partial charge in [0, 0.05) is 6.54 Å². The molecule has 6 nitrogen and oxygen atoms in total. The SMILES string of the molecule is CCCn1c(SCC(=O)N2c3ccccc3CCc3ccccc32)n[nH]c1=O. The van der Waals surface area contributed by atoms with Crippen LogP contribution >= 0.6 is 11.8 Å². The second-order valence-electron chi connectivity index (χ2n) is 6.74. The molecule has 0 atom stereocenters. The van der Waals surface area contributed by atoms with Gasteiger partial charge in [0.1, 0.15) is 0 Å². The first kappa shape index (κ1) is 18.6. The van der Waals surface area contributed by atoms with Gasteiger partial charge in [-0.15, -0.1) is 5.10 Å². The molecule has 1 aliphatic heterocycles. The molecular weight excluding hydrogens is 372 g/mol. The van der Waals surface area contributed by atoms with Gasteiger partial charge in [-0.05, 0) is 42.5 Å². The van der Waals surface area contributed by atoms with Crippen LogP contribution < -0.4 is 10.6 Å². The minimum atomic E-state index is -0.234. The van der Waals surface area contributed by atoms with E-state index in [0.717, 1.165) is 30.6 Å². The molecule has 4 rings (SSSR count). The van der Waals surface area contributed by atoms with Crippen LogP contribution in [0.2, 0.25) is 0 Å². The lowest BCUT2D eigenvalue weighted by atomic mass is 10.0. The minimum absolute atomic E-state index is 0.0229. The van der Waals surface area contributed by atoms with E-state index < -0.39 is 0 Å². The van der Waals surface area contributed by atoms with E-state index in [1.54, 1.807) is 4.57 Å². The van der Waals surface area contributed by atoms with E-state index in [9.17, 15) is 9.59 Å². The van der Waals surface area contributed by atoms with Gasteiger partial charge in [0.05, 0.1) is 17.1 Å². The Balaban J connectivity index is 1.65. The second kappa shape index (κ2) is 8.06. The van der Waals surface area contributed by atoms with Crippen molar-refractivity contribution in [2.75, 3.05) is 10.7 Å². The molecule has 1 aliphatic rings. The normalized spacial score (nSPS) is 13.0. The highest BCUT2D eigenvalue weighted by Gasteiger charge is 2.26. The number of carbonyl (C=O) groups is 1. The predicted octanol–water partition coefficient (Wildman–Crippen LogP) is 3.54. The number of nitrogens with zero attached hydrogens (tertiary/aromatic N) is 3. The molecule has 0 radical (unpaired) electrons. The summed E-state index contributed by atoms with van der Waals surface area (Å²) in [6.45, 7) is 2.59. The van der Waals surface area contributed by atoms with Gasteiger partial charge in [0.15, 0.2) is 5.16 Å². The number of nitrogens with one attached hydrogen (secondary N) is 1. The number of aromatic nitrogens is 3. The van der Waals surface area contributed by atoms with Crippen LogP contribution in [0.25, 0.3) is 0 Å². The first-order valence-electron chi connectivity index (χ1n) is 9.45. The third-order valence-corrected chi connectivity index (χ3v) is 5.83. The Morgan fingerprint density at radius 2 is 1.68 bits per heavy atom. The third-order valence-electron chi connectivity index (χ3n) is 4.87. The van der Waals surface area contributed by atoms with Crippen molar-refractivity contribution in [2.24, 2.45) is 0 Å². The Morgan fingerprint density at radius 3 is 2.29 bits per heavy atom. The Labute approximate surface area is 167 Å². The number of rotatable bonds is 5. The Bertz CT molecular complexity index is 1010. The van der Waals surface area contributed by atoms with E-state index in [4.69, 9.17) is 0 Å². The van der Waals surface area contributed by atoms with Crippen LogP contribution in [0.15, 0.2) is 58.5 Å². The predicted molar refractivity (Wildman–Crippen MR) is 111 cm³/mol. The van der Waals surface area contributed by atoms with Crippen molar-refractivity contribution in [3.05, 3.63) is 70.1 Å². The Kier molecular flexibility index (Phi) is 5.34. The zero-order valence-electron chi connectivity index (χ0n) is 15.7. The van der Waals surface area contributed by atoms with Crippen LogP contribution in [0, 0.1) is 0 Å². The summed E-state index contributed by atoms with van der Waals surface area (Å²) in [5.74, 6) is 0.182. The lowest BCUT2D eigenvalue weighted by Crippen LogP contribution is -2.28. The number of hydrogen-bond donors (Lipinski definition) is 1. The van der Waals surface area contributed by atoms with Crippen molar-refractivity contribution in [3.8, 4) is 0 Å². The summed E-state index contributed by atoms with van der Waals surface area (Å²) < 4.78 is 1.59. The molecule has 2 heterocycles. The maximum atomic E-state index is 13.3. The number of H-pyrrole nitrogens is 1. The molecule has 0 spiro atoms. The number of benzene rings is 2. The van der Waals surface area contributed by atoms with E-state index in [1.807, 2.05) is 48.2 Å². The van der Waals surface area contributed by atoms with Crippen LogP contribution in [-0.2, 0) is 24.2 Å². The van der Waals surface area contributed by atoms with E-state index in [2.05, 4.69) is 22.3 Å². The summed E-state index contributed by atoms with van der Waals surface area (Å²) in [5.41, 5.74) is 3.97. The van der Waals surface area contributed by atoms with E-state index in [0.29, 0.717) is 11.7 Å². The average Bonchev–Trinajstić information content (AvgIpc) is 2.97. The molecule has 7 heteroatoms.